The van der Waals surface area contributed by atoms with Crippen molar-refractivity contribution in [3.05, 3.63) is 35.4 Å². The van der Waals surface area contributed by atoms with Crippen molar-refractivity contribution < 1.29 is 26.7 Å². The smallest absolute Gasteiger partial charge is 0.326 e. The van der Waals surface area contributed by atoms with Gasteiger partial charge in [0.15, 0.2) is 11.6 Å². The zero-order valence-electron chi connectivity index (χ0n) is 10.3. The molecular weight excluding hydrogens is 349 g/mol. The third-order valence-corrected chi connectivity index (χ3v) is 3.19. The molecule has 1 aromatic rings. The van der Waals surface area contributed by atoms with Crippen molar-refractivity contribution in [1.82, 2.24) is 4.90 Å². The molecule has 0 fully saturated rings. The number of benzene rings is 1. The second-order valence-electron chi connectivity index (χ2n) is 4.12. The molecule has 0 heterocycles. The number of carbonyl (C=O) groups excluding carboxylic acids is 1. The van der Waals surface area contributed by atoms with Crippen molar-refractivity contribution in [2.45, 2.75) is 25.7 Å². The molecule has 0 radical (unpaired) electrons. The third-order valence-electron chi connectivity index (χ3n) is 2.71. The van der Waals surface area contributed by atoms with Crippen molar-refractivity contribution >= 4 is 21.8 Å². The largest absolute Gasteiger partial charge is 0.408 e. The molecular formula is C12H11BrF5NO. The lowest BCUT2D eigenvalue weighted by Crippen LogP contribution is -2.47. The minimum atomic E-state index is -4.60. The van der Waals surface area contributed by atoms with E-state index in [9.17, 15) is 26.7 Å². The minimum Gasteiger partial charge on any atom is -0.326 e. The lowest BCUT2D eigenvalue weighted by atomic mass is 10.1. The van der Waals surface area contributed by atoms with Crippen molar-refractivity contribution in [1.29, 1.82) is 0 Å². The van der Waals surface area contributed by atoms with Gasteiger partial charge in [-0.2, -0.15) is 13.2 Å². The van der Waals surface area contributed by atoms with Crippen LogP contribution in [0.15, 0.2) is 18.2 Å². The van der Waals surface area contributed by atoms with E-state index in [-0.39, 0.29) is 10.9 Å². The Bertz CT molecular complexity index is 491. The molecule has 1 unspecified atom stereocenters. The highest BCUT2D eigenvalue weighted by molar-refractivity contribution is 9.09. The van der Waals surface area contributed by atoms with Crippen LogP contribution in [-0.4, -0.2) is 28.4 Å². The van der Waals surface area contributed by atoms with Gasteiger partial charge in [0.25, 0.3) is 0 Å². The van der Waals surface area contributed by atoms with Crippen LogP contribution in [-0.2, 0) is 11.3 Å². The molecule has 0 aliphatic carbocycles. The van der Waals surface area contributed by atoms with Gasteiger partial charge in [0.05, 0.1) is 5.33 Å². The molecule has 1 amide bonds. The van der Waals surface area contributed by atoms with Crippen LogP contribution in [0.5, 0.6) is 0 Å². The Hall–Kier alpha value is -1.18. The lowest BCUT2D eigenvalue weighted by molar-refractivity contribution is -0.186. The first-order chi connectivity index (χ1) is 9.16. The zero-order chi connectivity index (χ0) is 15.5. The van der Waals surface area contributed by atoms with Crippen molar-refractivity contribution in [2.24, 2.45) is 0 Å². The molecule has 0 spiro atoms. The summed E-state index contributed by atoms with van der Waals surface area (Å²) in [5.41, 5.74) is 0.0781. The topological polar surface area (TPSA) is 20.3 Å². The van der Waals surface area contributed by atoms with Gasteiger partial charge in [0.1, 0.15) is 6.04 Å². The van der Waals surface area contributed by atoms with Crippen LogP contribution in [0, 0.1) is 11.6 Å². The molecule has 0 bridgehead atoms. The number of hydrogen-bond donors (Lipinski definition) is 0. The predicted molar refractivity (Wildman–Crippen MR) is 66.2 cm³/mol. The Kier molecular flexibility index (Phi) is 5.50. The molecule has 0 saturated heterocycles. The molecule has 0 aromatic heterocycles. The fourth-order valence-electron chi connectivity index (χ4n) is 1.53. The summed E-state index contributed by atoms with van der Waals surface area (Å²) in [5, 5.41) is -0.295. The van der Waals surface area contributed by atoms with E-state index in [4.69, 9.17) is 0 Å². The highest BCUT2D eigenvalue weighted by atomic mass is 79.9. The first-order valence-corrected chi connectivity index (χ1v) is 6.65. The van der Waals surface area contributed by atoms with Gasteiger partial charge in [0, 0.05) is 6.54 Å². The van der Waals surface area contributed by atoms with E-state index in [1.165, 1.54) is 0 Å². The van der Waals surface area contributed by atoms with Crippen LogP contribution >= 0.6 is 15.9 Å². The summed E-state index contributed by atoms with van der Waals surface area (Å²) in [4.78, 5) is 12.1. The minimum absolute atomic E-state index is 0.0781. The monoisotopic (exact) mass is 359 g/mol. The van der Waals surface area contributed by atoms with E-state index in [0.717, 1.165) is 25.1 Å². The molecule has 0 aliphatic heterocycles. The van der Waals surface area contributed by atoms with E-state index in [0.29, 0.717) is 4.90 Å². The maximum absolute atomic E-state index is 13.0. The van der Waals surface area contributed by atoms with Crippen LogP contribution in [0.4, 0.5) is 22.0 Å². The van der Waals surface area contributed by atoms with Gasteiger partial charge < -0.3 is 4.90 Å². The quantitative estimate of drug-likeness (QED) is 0.593. The van der Waals surface area contributed by atoms with E-state index in [1.807, 2.05) is 0 Å². The average molecular weight is 360 g/mol. The normalized spacial score (nSPS) is 13.2. The van der Waals surface area contributed by atoms with Gasteiger partial charge in [-0.05, 0) is 24.6 Å². The second kappa shape index (κ2) is 6.51. The fraction of sp³-hybridized carbons (Fsp3) is 0.417. The summed E-state index contributed by atoms with van der Waals surface area (Å²) in [6.07, 6.45) is -4.60. The molecule has 0 aliphatic rings. The molecule has 0 saturated carbocycles. The SMILES string of the molecule is CC(N(Cc1ccc(F)c(F)c1)C(=O)CBr)C(F)(F)F. The van der Waals surface area contributed by atoms with E-state index < -0.39 is 36.3 Å². The fourth-order valence-corrected chi connectivity index (χ4v) is 1.85. The number of rotatable bonds is 4. The summed E-state index contributed by atoms with van der Waals surface area (Å²) in [5.74, 6) is -3.07. The molecule has 20 heavy (non-hydrogen) atoms. The van der Waals surface area contributed by atoms with Crippen molar-refractivity contribution in [3.8, 4) is 0 Å². The Morgan fingerprint density at radius 1 is 1.30 bits per heavy atom. The lowest BCUT2D eigenvalue weighted by Gasteiger charge is -2.30. The molecule has 0 N–H and O–H groups in total. The van der Waals surface area contributed by atoms with E-state index in [2.05, 4.69) is 15.9 Å². The number of nitrogens with zero attached hydrogens (tertiary/aromatic N) is 1. The van der Waals surface area contributed by atoms with Crippen molar-refractivity contribution in [2.75, 3.05) is 5.33 Å². The van der Waals surface area contributed by atoms with Gasteiger partial charge in [-0.3, -0.25) is 4.79 Å². The summed E-state index contributed by atoms with van der Waals surface area (Å²) >= 11 is 2.80. The number of alkyl halides is 4. The summed E-state index contributed by atoms with van der Waals surface area (Å²) in [6, 6.07) is 0.684. The van der Waals surface area contributed by atoms with E-state index >= 15 is 0 Å². The third kappa shape index (κ3) is 4.16. The Morgan fingerprint density at radius 2 is 1.90 bits per heavy atom. The van der Waals surface area contributed by atoms with Gasteiger partial charge in [-0.25, -0.2) is 8.78 Å². The Morgan fingerprint density at radius 3 is 2.35 bits per heavy atom. The number of hydrogen-bond acceptors (Lipinski definition) is 1. The van der Waals surface area contributed by atoms with Crippen LogP contribution in [0.2, 0.25) is 0 Å². The van der Waals surface area contributed by atoms with Gasteiger partial charge >= 0.3 is 6.18 Å². The standard InChI is InChI=1S/C12H11BrF5NO/c1-7(12(16,17)18)19(11(20)5-13)6-8-2-3-9(14)10(15)4-8/h2-4,7H,5-6H2,1H3. The zero-order valence-corrected chi connectivity index (χ0v) is 11.9. The first kappa shape index (κ1) is 16.9. The predicted octanol–water partition coefficient (Wildman–Crippen LogP) is 3.64. The molecule has 112 valence electrons. The van der Waals surface area contributed by atoms with Crippen LogP contribution < -0.4 is 0 Å². The first-order valence-electron chi connectivity index (χ1n) is 5.53. The number of carbonyl (C=O) groups is 1. The van der Waals surface area contributed by atoms with Crippen LogP contribution in [0.25, 0.3) is 0 Å². The van der Waals surface area contributed by atoms with Gasteiger partial charge in [-0.1, -0.05) is 22.0 Å². The summed E-state index contributed by atoms with van der Waals surface area (Å²) < 4.78 is 63.9. The molecule has 1 atom stereocenters. The molecule has 1 aromatic carbocycles. The van der Waals surface area contributed by atoms with Crippen molar-refractivity contribution in [3.63, 3.8) is 0 Å². The van der Waals surface area contributed by atoms with Crippen LogP contribution in [0.1, 0.15) is 12.5 Å². The van der Waals surface area contributed by atoms with Gasteiger partial charge in [0.2, 0.25) is 5.91 Å². The van der Waals surface area contributed by atoms with Gasteiger partial charge in [-0.15, -0.1) is 0 Å². The second-order valence-corrected chi connectivity index (χ2v) is 4.68. The highest BCUT2D eigenvalue weighted by Gasteiger charge is 2.41. The number of amides is 1. The molecule has 8 heteroatoms. The average Bonchev–Trinajstić information content (AvgIpc) is 2.37. The Labute approximate surface area is 120 Å². The summed E-state index contributed by atoms with van der Waals surface area (Å²) in [7, 11) is 0. The molecule has 2 nitrogen and oxygen atoms in total. The maximum atomic E-state index is 13.0. The molecule has 1 rings (SSSR count). The number of halogens is 6. The highest BCUT2D eigenvalue weighted by Crippen LogP contribution is 2.26. The van der Waals surface area contributed by atoms with Crippen LogP contribution in [0.3, 0.4) is 0 Å². The van der Waals surface area contributed by atoms with E-state index in [1.54, 1.807) is 0 Å². The summed E-state index contributed by atoms with van der Waals surface area (Å²) in [6.45, 7) is 0.378. The Balaban J connectivity index is 3.01. The maximum Gasteiger partial charge on any atom is 0.408 e.